The lowest BCUT2D eigenvalue weighted by molar-refractivity contribution is 0.0773. The van der Waals surface area contributed by atoms with Crippen molar-refractivity contribution in [1.82, 2.24) is 14.7 Å². The monoisotopic (exact) mass is 452 g/mol. The second kappa shape index (κ2) is 11.8. The molecule has 0 aliphatic carbocycles. The van der Waals surface area contributed by atoms with E-state index in [0.29, 0.717) is 30.9 Å². The highest BCUT2D eigenvalue weighted by Crippen LogP contribution is 2.31. The predicted molar refractivity (Wildman–Crippen MR) is 132 cm³/mol. The SMILES string of the molecule is CCOC(=O)Nc1cccc(C(c2ccc(C(=O)N(CC)CC)cc2)N2CCN(C)CC2)c1. The van der Waals surface area contributed by atoms with E-state index >= 15 is 0 Å². The van der Waals surface area contributed by atoms with Crippen LogP contribution >= 0.6 is 0 Å². The summed E-state index contributed by atoms with van der Waals surface area (Å²) in [5.41, 5.74) is 3.64. The number of hydrogen-bond donors (Lipinski definition) is 1. The Kier molecular flexibility index (Phi) is 8.86. The Hall–Kier alpha value is -2.90. The van der Waals surface area contributed by atoms with Crippen LogP contribution in [0.3, 0.4) is 0 Å². The molecule has 1 aliphatic rings. The Labute approximate surface area is 197 Å². The summed E-state index contributed by atoms with van der Waals surface area (Å²) < 4.78 is 5.03. The predicted octanol–water partition coefficient (Wildman–Crippen LogP) is 4.07. The van der Waals surface area contributed by atoms with E-state index in [1.54, 1.807) is 6.92 Å². The van der Waals surface area contributed by atoms with E-state index in [4.69, 9.17) is 4.74 Å². The van der Waals surface area contributed by atoms with Gasteiger partial charge >= 0.3 is 6.09 Å². The van der Waals surface area contributed by atoms with Crippen LogP contribution in [-0.4, -0.2) is 79.6 Å². The third kappa shape index (κ3) is 6.33. The zero-order chi connectivity index (χ0) is 23.8. The zero-order valence-electron chi connectivity index (χ0n) is 20.2. The van der Waals surface area contributed by atoms with Gasteiger partial charge in [0.25, 0.3) is 5.91 Å². The molecule has 1 saturated heterocycles. The van der Waals surface area contributed by atoms with Crippen molar-refractivity contribution < 1.29 is 14.3 Å². The van der Waals surface area contributed by atoms with Crippen molar-refractivity contribution in [1.29, 1.82) is 0 Å². The normalized spacial score (nSPS) is 15.6. The second-order valence-electron chi connectivity index (χ2n) is 8.31. The molecular formula is C26H36N4O3. The van der Waals surface area contributed by atoms with Crippen LogP contribution in [0, 0.1) is 0 Å². The Bertz CT molecular complexity index is 919. The van der Waals surface area contributed by atoms with E-state index in [9.17, 15) is 9.59 Å². The van der Waals surface area contributed by atoms with Gasteiger partial charge in [-0.1, -0.05) is 24.3 Å². The summed E-state index contributed by atoms with van der Waals surface area (Å²) >= 11 is 0. The van der Waals surface area contributed by atoms with Gasteiger partial charge < -0.3 is 14.5 Å². The van der Waals surface area contributed by atoms with E-state index in [2.05, 4.69) is 40.4 Å². The molecule has 1 fully saturated rings. The molecule has 1 heterocycles. The van der Waals surface area contributed by atoms with E-state index in [1.807, 2.05) is 49.1 Å². The van der Waals surface area contributed by atoms with Gasteiger partial charge in [0.2, 0.25) is 0 Å². The molecular weight excluding hydrogens is 416 g/mol. The second-order valence-corrected chi connectivity index (χ2v) is 8.31. The van der Waals surface area contributed by atoms with Crippen molar-refractivity contribution in [2.24, 2.45) is 0 Å². The highest BCUT2D eigenvalue weighted by Gasteiger charge is 2.26. The zero-order valence-corrected chi connectivity index (χ0v) is 20.2. The van der Waals surface area contributed by atoms with Crippen LogP contribution < -0.4 is 5.32 Å². The number of rotatable bonds is 8. The van der Waals surface area contributed by atoms with Gasteiger partial charge in [-0.25, -0.2) is 4.79 Å². The molecule has 7 nitrogen and oxygen atoms in total. The summed E-state index contributed by atoms with van der Waals surface area (Å²) in [4.78, 5) is 31.3. The molecule has 2 aromatic rings. The minimum Gasteiger partial charge on any atom is -0.450 e. The Morgan fingerprint density at radius 3 is 2.24 bits per heavy atom. The van der Waals surface area contributed by atoms with Gasteiger partial charge in [-0.3, -0.25) is 15.0 Å². The summed E-state index contributed by atoms with van der Waals surface area (Å²) in [7, 11) is 2.14. The van der Waals surface area contributed by atoms with Gasteiger partial charge in [-0.05, 0) is 63.2 Å². The maximum absolute atomic E-state index is 12.8. The molecule has 178 valence electrons. The summed E-state index contributed by atoms with van der Waals surface area (Å²) in [6.45, 7) is 11.4. The molecule has 2 amide bonds. The summed E-state index contributed by atoms with van der Waals surface area (Å²) in [6, 6.07) is 15.9. The number of likely N-dealkylation sites (N-methyl/N-ethyl adjacent to an activating group) is 1. The average Bonchev–Trinajstić information content (AvgIpc) is 2.82. The molecule has 7 heteroatoms. The minimum absolute atomic E-state index is 0.0280. The van der Waals surface area contributed by atoms with Gasteiger partial charge in [0.15, 0.2) is 0 Å². The number of amides is 2. The third-order valence-corrected chi connectivity index (χ3v) is 6.15. The first kappa shape index (κ1) is 24.7. The van der Waals surface area contributed by atoms with E-state index < -0.39 is 6.09 Å². The number of nitrogens with zero attached hydrogens (tertiary/aromatic N) is 3. The molecule has 0 bridgehead atoms. The first-order valence-electron chi connectivity index (χ1n) is 11.8. The number of benzene rings is 2. The molecule has 1 N–H and O–H groups in total. The number of carbonyl (C=O) groups excluding carboxylic acids is 2. The van der Waals surface area contributed by atoms with Crippen molar-refractivity contribution in [3.05, 3.63) is 65.2 Å². The van der Waals surface area contributed by atoms with Crippen LogP contribution in [-0.2, 0) is 4.74 Å². The Balaban J connectivity index is 1.91. The van der Waals surface area contributed by atoms with E-state index in [-0.39, 0.29) is 11.9 Å². The van der Waals surface area contributed by atoms with Crippen molar-refractivity contribution in [3.63, 3.8) is 0 Å². The van der Waals surface area contributed by atoms with Gasteiger partial charge in [0.1, 0.15) is 0 Å². The fourth-order valence-electron chi connectivity index (χ4n) is 4.27. The largest absolute Gasteiger partial charge is 0.450 e. The lowest BCUT2D eigenvalue weighted by atomic mass is 9.95. The summed E-state index contributed by atoms with van der Waals surface area (Å²) in [6.07, 6.45) is -0.454. The molecule has 33 heavy (non-hydrogen) atoms. The molecule has 2 aromatic carbocycles. The molecule has 0 radical (unpaired) electrons. The molecule has 1 aliphatic heterocycles. The van der Waals surface area contributed by atoms with Gasteiger partial charge in [-0.2, -0.15) is 0 Å². The maximum atomic E-state index is 12.8. The standard InChI is InChI=1S/C26H36N4O3/c1-5-29(6-2)25(31)21-13-11-20(12-14-21)24(30-17-15-28(4)16-18-30)22-9-8-10-23(19-22)27-26(32)33-7-3/h8-14,19,24H,5-7,15-18H2,1-4H3,(H,27,32). The quantitative estimate of drug-likeness (QED) is 0.654. The van der Waals surface area contributed by atoms with Crippen LogP contribution in [0.2, 0.25) is 0 Å². The summed E-state index contributed by atoms with van der Waals surface area (Å²) in [5, 5.41) is 2.81. The molecule has 3 rings (SSSR count). The highest BCUT2D eigenvalue weighted by atomic mass is 16.5. The number of ether oxygens (including phenoxy) is 1. The van der Waals surface area contributed by atoms with Crippen molar-refractivity contribution in [2.75, 3.05) is 58.2 Å². The number of nitrogens with one attached hydrogen (secondary N) is 1. The lowest BCUT2D eigenvalue weighted by Gasteiger charge is -2.38. The van der Waals surface area contributed by atoms with Crippen LogP contribution in [0.1, 0.15) is 48.3 Å². The van der Waals surface area contributed by atoms with Crippen molar-refractivity contribution in [2.45, 2.75) is 26.8 Å². The van der Waals surface area contributed by atoms with E-state index in [0.717, 1.165) is 37.3 Å². The molecule has 0 spiro atoms. The Morgan fingerprint density at radius 2 is 1.64 bits per heavy atom. The first-order valence-corrected chi connectivity index (χ1v) is 11.8. The minimum atomic E-state index is -0.454. The average molecular weight is 453 g/mol. The van der Waals surface area contributed by atoms with Crippen LogP contribution in [0.25, 0.3) is 0 Å². The van der Waals surface area contributed by atoms with Crippen LogP contribution in [0.5, 0.6) is 0 Å². The van der Waals surface area contributed by atoms with Crippen LogP contribution in [0.4, 0.5) is 10.5 Å². The number of anilines is 1. The van der Waals surface area contributed by atoms with E-state index in [1.165, 1.54) is 0 Å². The van der Waals surface area contributed by atoms with Gasteiger partial charge in [0, 0.05) is 50.5 Å². The van der Waals surface area contributed by atoms with Crippen molar-refractivity contribution >= 4 is 17.7 Å². The maximum Gasteiger partial charge on any atom is 0.411 e. The smallest absolute Gasteiger partial charge is 0.411 e. The fraction of sp³-hybridized carbons (Fsp3) is 0.462. The first-order chi connectivity index (χ1) is 16.0. The topological polar surface area (TPSA) is 65.1 Å². The summed E-state index contributed by atoms with van der Waals surface area (Å²) in [5.74, 6) is 0.0586. The van der Waals surface area contributed by atoms with Gasteiger partial charge in [0.05, 0.1) is 12.6 Å². The number of hydrogen-bond acceptors (Lipinski definition) is 5. The van der Waals surface area contributed by atoms with Crippen molar-refractivity contribution in [3.8, 4) is 0 Å². The molecule has 0 aromatic heterocycles. The van der Waals surface area contributed by atoms with Gasteiger partial charge in [-0.15, -0.1) is 0 Å². The highest BCUT2D eigenvalue weighted by molar-refractivity contribution is 5.94. The number of carbonyl (C=O) groups is 2. The third-order valence-electron chi connectivity index (χ3n) is 6.15. The number of piperazine rings is 1. The lowest BCUT2D eigenvalue weighted by Crippen LogP contribution is -2.46. The molecule has 1 unspecified atom stereocenters. The fourth-order valence-corrected chi connectivity index (χ4v) is 4.27. The molecule has 0 saturated carbocycles. The molecule has 1 atom stereocenters. The Morgan fingerprint density at radius 1 is 0.970 bits per heavy atom. The van der Waals surface area contributed by atoms with Crippen LogP contribution in [0.15, 0.2) is 48.5 Å².